The summed E-state index contributed by atoms with van der Waals surface area (Å²) < 4.78 is 24.3. The Morgan fingerprint density at radius 2 is 2.00 bits per heavy atom. The summed E-state index contributed by atoms with van der Waals surface area (Å²) in [6.07, 6.45) is 0. The van der Waals surface area contributed by atoms with Gasteiger partial charge < -0.3 is 9.88 Å². The van der Waals surface area contributed by atoms with Crippen LogP contribution in [0.1, 0.15) is 0 Å². The zero-order valence-electron chi connectivity index (χ0n) is 13.6. The number of nitrogens with one attached hydrogen (secondary N) is 1. The highest BCUT2D eigenvalue weighted by Gasteiger charge is 2.14. The second-order valence-electron chi connectivity index (χ2n) is 5.25. The lowest BCUT2D eigenvalue weighted by molar-refractivity contribution is -0.113. The number of nitrogens with zero attached hydrogens (tertiary/aromatic N) is 3. The molecule has 26 heavy (non-hydrogen) atoms. The third-order valence-corrected chi connectivity index (χ3v) is 6.19. The van der Waals surface area contributed by atoms with Gasteiger partial charge in [0.15, 0.2) is 11.0 Å². The van der Waals surface area contributed by atoms with Crippen LogP contribution in [0, 0.1) is 0 Å². The molecule has 0 aliphatic carbocycles. The van der Waals surface area contributed by atoms with Crippen molar-refractivity contribution in [3.63, 3.8) is 0 Å². The van der Waals surface area contributed by atoms with Gasteiger partial charge in [-0.2, -0.15) is 0 Å². The van der Waals surface area contributed by atoms with E-state index in [9.17, 15) is 13.2 Å². The van der Waals surface area contributed by atoms with Gasteiger partial charge in [0.1, 0.15) is 0 Å². The van der Waals surface area contributed by atoms with E-state index in [-0.39, 0.29) is 16.6 Å². The summed E-state index contributed by atoms with van der Waals surface area (Å²) in [5.74, 6) is 0.661. The van der Waals surface area contributed by atoms with Gasteiger partial charge in [-0.3, -0.25) is 4.79 Å². The van der Waals surface area contributed by atoms with Crippen molar-refractivity contribution in [1.82, 2.24) is 14.8 Å². The van der Waals surface area contributed by atoms with Gasteiger partial charge >= 0.3 is 0 Å². The van der Waals surface area contributed by atoms with E-state index in [1.807, 2.05) is 29.1 Å². The van der Waals surface area contributed by atoms with Crippen molar-refractivity contribution in [2.45, 2.75) is 10.1 Å². The number of rotatable bonds is 6. The maximum absolute atomic E-state index is 12.1. The maximum atomic E-state index is 12.1. The van der Waals surface area contributed by atoms with Crippen LogP contribution < -0.4 is 10.5 Å². The van der Waals surface area contributed by atoms with Crippen LogP contribution in [0.2, 0.25) is 0 Å². The number of nitrogens with two attached hydrogens (primary N) is 1. The summed E-state index contributed by atoms with van der Waals surface area (Å²) in [5, 5.41) is 18.6. The van der Waals surface area contributed by atoms with Crippen LogP contribution in [0.5, 0.6) is 0 Å². The van der Waals surface area contributed by atoms with Crippen molar-refractivity contribution in [1.29, 1.82) is 0 Å². The summed E-state index contributed by atoms with van der Waals surface area (Å²) in [6.45, 7) is 0. The second-order valence-corrected chi connectivity index (χ2v) is 8.70. The van der Waals surface area contributed by atoms with E-state index in [1.54, 1.807) is 11.3 Å². The molecule has 11 heteroatoms. The van der Waals surface area contributed by atoms with E-state index in [0.717, 1.165) is 10.7 Å². The molecule has 0 atom stereocenters. The quantitative estimate of drug-likeness (QED) is 0.600. The third kappa shape index (κ3) is 4.30. The number of anilines is 1. The average molecular weight is 410 g/mol. The van der Waals surface area contributed by atoms with Crippen LogP contribution in [0.3, 0.4) is 0 Å². The first kappa shape index (κ1) is 18.6. The Kier molecular flexibility index (Phi) is 5.41. The number of hydrogen-bond acceptors (Lipinski definition) is 7. The van der Waals surface area contributed by atoms with Gasteiger partial charge in [0.25, 0.3) is 0 Å². The molecule has 0 saturated heterocycles. The molecule has 0 spiro atoms. The van der Waals surface area contributed by atoms with E-state index >= 15 is 0 Å². The van der Waals surface area contributed by atoms with E-state index in [0.29, 0.717) is 10.8 Å². The van der Waals surface area contributed by atoms with Crippen LogP contribution >= 0.6 is 23.1 Å². The molecule has 1 amide bonds. The molecule has 0 fully saturated rings. The number of thioether (sulfide) groups is 1. The smallest absolute Gasteiger partial charge is 0.238 e. The van der Waals surface area contributed by atoms with E-state index in [1.165, 1.54) is 36.0 Å². The Balaban J connectivity index is 1.59. The van der Waals surface area contributed by atoms with Gasteiger partial charge in [-0.05, 0) is 35.7 Å². The Labute approximate surface area is 158 Å². The molecule has 0 bridgehead atoms. The Morgan fingerprint density at radius 3 is 2.62 bits per heavy atom. The van der Waals surface area contributed by atoms with Crippen LogP contribution in [0.15, 0.2) is 51.8 Å². The molecule has 0 aliphatic heterocycles. The minimum atomic E-state index is -3.75. The first-order chi connectivity index (χ1) is 12.3. The summed E-state index contributed by atoms with van der Waals surface area (Å²) in [6, 6.07) is 9.55. The summed E-state index contributed by atoms with van der Waals surface area (Å²) in [5.41, 5.74) is 0.486. The highest BCUT2D eigenvalue weighted by molar-refractivity contribution is 7.99. The molecule has 3 aromatic rings. The van der Waals surface area contributed by atoms with Crippen LogP contribution in [0.25, 0.3) is 10.7 Å². The van der Waals surface area contributed by atoms with E-state index in [2.05, 4.69) is 15.5 Å². The molecule has 3 N–H and O–H groups in total. The standard InChI is InChI=1S/C15H15N5O3S3/c1-20-14(12-3-2-8-24-12)18-19-15(20)25-9-13(21)17-10-4-6-11(7-5-10)26(16,22)23/h2-8H,9H2,1H3,(H,17,21)(H2,16,22,23). The van der Waals surface area contributed by atoms with Gasteiger partial charge in [-0.1, -0.05) is 17.8 Å². The van der Waals surface area contributed by atoms with Crippen molar-refractivity contribution < 1.29 is 13.2 Å². The molecule has 0 unspecified atom stereocenters. The molecule has 0 radical (unpaired) electrons. The molecule has 0 saturated carbocycles. The van der Waals surface area contributed by atoms with Crippen LogP contribution in [0.4, 0.5) is 5.69 Å². The van der Waals surface area contributed by atoms with E-state index < -0.39 is 10.0 Å². The molecule has 1 aromatic carbocycles. The second kappa shape index (κ2) is 7.58. The Hall–Kier alpha value is -2.21. The number of carbonyl (C=O) groups is 1. The lowest BCUT2D eigenvalue weighted by Gasteiger charge is -2.06. The largest absolute Gasteiger partial charge is 0.325 e. The van der Waals surface area contributed by atoms with Crippen molar-refractivity contribution >= 4 is 44.7 Å². The number of primary sulfonamides is 1. The van der Waals surface area contributed by atoms with Crippen molar-refractivity contribution in [3.8, 4) is 10.7 Å². The number of hydrogen-bond donors (Lipinski definition) is 2. The molecular weight excluding hydrogens is 394 g/mol. The fourth-order valence-electron chi connectivity index (χ4n) is 2.12. The molecule has 0 aliphatic rings. The zero-order chi connectivity index (χ0) is 18.7. The number of amides is 1. The van der Waals surface area contributed by atoms with Crippen molar-refractivity contribution in [2.75, 3.05) is 11.1 Å². The van der Waals surface area contributed by atoms with Gasteiger partial charge in [0.05, 0.1) is 15.5 Å². The summed E-state index contributed by atoms with van der Waals surface area (Å²) >= 11 is 2.83. The lowest BCUT2D eigenvalue weighted by atomic mass is 10.3. The highest BCUT2D eigenvalue weighted by atomic mass is 32.2. The number of benzene rings is 1. The number of thiophene rings is 1. The average Bonchev–Trinajstić information content (AvgIpc) is 3.22. The molecule has 2 aromatic heterocycles. The first-order valence-electron chi connectivity index (χ1n) is 7.33. The molecule has 3 rings (SSSR count). The van der Waals surface area contributed by atoms with Crippen molar-refractivity contribution in [2.24, 2.45) is 12.2 Å². The van der Waals surface area contributed by atoms with Crippen molar-refractivity contribution in [3.05, 3.63) is 41.8 Å². The van der Waals surface area contributed by atoms with Gasteiger partial charge in [0, 0.05) is 12.7 Å². The van der Waals surface area contributed by atoms with Crippen LogP contribution in [-0.2, 0) is 21.9 Å². The van der Waals surface area contributed by atoms with E-state index in [4.69, 9.17) is 5.14 Å². The Bertz CT molecular complexity index is 1010. The molecule has 8 nitrogen and oxygen atoms in total. The van der Waals surface area contributed by atoms with Gasteiger partial charge in [-0.25, -0.2) is 13.6 Å². The predicted octanol–water partition coefficient (Wildman–Crippen LogP) is 1.92. The minimum Gasteiger partial charge on any atom is -0.325 e. The summed E-state index contributed by atoms with van der Waals surface area (Å²) in [7, 11) is -1.90. The zero-order valence-corrected chi connectivity index (χ0v) is 16.1. The fraction of sp³-hybridized carbons (Fsp3) is 0.133. The number of aromatic nitrogens is 3. The Morgan fingerprint density at radius 1 is 1.27 bits per heavy atom. The molecule has 136 valence electrons. The third-order valence-electron chi connectivity index (χ3n) is 3.38. The lowest BCUT2D eigenvalue weighted by Crippen LogP contribution is -2.15. The SMILES string of the molecule is Cn1c(SCC(=O)Nc2ccc(S(N)(=O)=O)cc2)nnc1-c1cccs1. The summed E-state index contributed by atoms with van der Waals surface area (Å²) in [4.78, 5) is 13.1. The minimum absolute atomic E-state index is 0.00920. The van der Waals surface area contributed by atoms with Gasteiger partial charge in [-0.15, -0.1) is 21.5 Å². The normalized spacial score (nSPS) is 11.5. The van der Waals surface area contributed by atoms with Gasteiger partial charge in [0.2, 0.25) is 15.9 Å². The topological polar surface area (TPSA) is 120 Å². The van der Waals surface area contributed by atoms with Crippen LogP contribution in [-0.4, -0.2) is 34.8 Å². The highest BCUT2D eigenvalue weighted by Crippen LogP contribution is 2.26. The first-order valence-corrected chi connectivity index (χ1v) is 10.7. The number of carbonyl (C=O) groups excluding carboxylic acids is 1. The molecule has 2 heterocycles. The number of sulfonamides is 1. The monoisotopic (exact) mass is 409 g/mol. The fourth-order valence-corrected chi connectivity index (χ4v) is 4.09. The molecular formula is C15H15N5O3S3. The predicted molar refractivity (Wildman–Crippen MR) is 101 cm³/mol. The maximum Gasteiger partial charge on any atom is 0.238 e.